The maximum absolute atomic E-state index is 5.11. The molecule has 3 nitrogen and oxygen atoms in total. The molecule has 3 heteroatoms. The molecular weight excluding hydrogens is 595 g/mol. The zero-order chi connectivity index (χ0) is 33.4. The Morgan fingerprint density at radius 3 is 1.45 bits per heavy atom. The number of rotatable bonds is 9. The smallest absolute Gasteiger partial charge is 0.0715 e. The Kier molecular flexibility index (Phi) is 9.25. The Morgan fingerprint density at radius 2 is 0.918 bits per heavy atom. The van der Waals surface area contributed by atoms with Crippen molar-refractivity contribution in [2.24, 2.45) is 0 Å². The van der Waals surface area contributed by atoms with Gasteiger partial charge in [0.05, 0.1) is 22.8 Å². The van der Waals surface area contributed by atoms with Gasteiger partial charge in [0.15, 0.2) is 0 Å². The molecule has 0 aliphatic carbocycles. The molecule has 4 aromatic carbocycles. The van der Waals surface area contributed by atoms with Gasteiger partial charge in [-0.3, -0.25) is 9.97 Å². The molecule has 7 aromatic rings. The maximum Gasteiger partial charge on any atom is 0.0715 e. The van der Waals surface area contributed by atoms with E-state index in [0.29, 0.717) is 0 Å². The lowest BCUT2D eigenvalue weighted by Crippen LogP contribution is -1.95. The van der Waals surface area contributed by atoms with Crippen molar-refractivity contribution in [1.82, 2.24) is 15.0 Å². The molecule has 234 valence electrons. The molecule has 0 saturated heterocycles. The molecule has 0 saturated carbocycles. The van der Waals surface area contributed by atoms with E-state index < -0.39 is 0 Å². The van der Waals surface area contributed by atoms with E-state index in [-0.39, 0.29) is 0 Å². The summed E-state index contributed by atoms with van der Waals surface area (Å²) >= 11 is 0. The van der Waals surface area contributed by atoms with E-state index in [1.165, 1.54) is 0 Å². The van der Waals surface area contributed by atoms with Gasteiger partial charge < -0.3 is 0 Å². The van der Waals surface area contributed by atoms with Crippen LogP contribution in [0.3, 0.4) is 0 Å². The molecule has 7 rings (SSSR count). The highest BCUT2D eigenvalue weighted by molar-refractivity contribution is 5.84. The molecule has 0 fully saturated rings. The standard InChI is InChI=1S/C46H35N3/c1-3-4-8-15-33(2)43-31-40(32-46(49-43)36-20-13-7-14-21-36)39-26-41(44-29-37(22-24-47-44)34-16-9-5-10-17-34)28-42(27-39)45-30-38(23-25-48-45)35-18-11-6-12-19-35/h3-32H,1H2,2H3/b8-4-,33-15+. The van der Waals surface area contributed by atoms with Gasteiger partial charge in [0, 0.05) is 29.1 Å². The Hall–Kier alpha value is -6.45. The van der Waals surface area contributed by atoms with E-state index in [0.717, 1.165) is 78.4 Å². The normalized spacial score (nSPS) is 11.5. The summed E-state index contributed by atoms with van der Waals surface area (Å²) in [7, 11) is 0. The van der Waals surface area contributed by atoms with Crippen LogP contribution < -0.4 is 0 Å². The Labute approximate surface area is 288 Å². The van der Waals surface area contributed by atoms with E-state index in [2.05, 4.69) is 135 Å². The van der Waals surface area contributed by atoms with E-state index in [1.807, 2.05) is 54.9 Å². The minimum absolute atomic E-state index is 0.895. The van der Waals surface area contributed by atoms with Crippen molar-refractivity contribution >= 4 is 5.57 Å². The second-order valence-electron chi connectivity index (χ2n) is 11.9. The molecule has 3 heterocycles. The number of nitrogens with zero attached hydrogens (tertiary/aromatic N) is 3. The van der Waals surface area contributed by atoms with Crippen LogP contribution >= 0.6 is 0 Å². The largest absolute Gasteiger partial charge is 0.256 e. The van der Waals surface area contributed by atoms with Gasteiger partial charge in [-0.1, -0.05) is 122 Å². The summed E-state index contributed by atoms with van der Waals surface area (Å²) in [6.07, 6.45) is 11.5. The quantitative estimate of drug-likeness (QED) is 0.149. The number of benzene rings is 4. The molecule has 0 aliphatic rings. The van der Waals surface area contributed by atoms with Gasteiger partial charge in [-0.15, -0.1) is 0 Å². The van der Waals surface area contributed by atoms with Crippen LogP contribution in [-0.2, 0) is 0 Å². The number of hydrogen-bond acceptors (Lipinski definition) is 3. The number of hydrogen-bond donors (Lipinski definition) is 0. The van der Waals surface area contributed by atoms with Crippen LogP contribution in [0.15, 0.2) is 189 Å². The van der Waals surface area contributed by atoms with Gasteiger partial charge in [-0.25, -0.2) is 4.98 Å². The zero-order valence-electron chi connectivity index (χ0n) is 27.4. The van der Waals surface area contributed by atoms with Crippen molar-refractivity contribution in [2.75, 3.05) is 0 Å². The lowest BCUT2D eigenvalue weighted by Gasteiger charge is -2.14. The zero-order valence-corrected chi connectivity index (χ0v) is 27.4. The van der Waals surface area contributed by atoms with Crippen molar-refractivity contribution < 1.29 is 0 Å². The molecule has 0 aliphatic heterocycles. The van der Waals surface area contributed by atoms with Crippen LogP contribution in [0, 0.1) is 0 Å². The second kappa shape index (κ2) is 14.5. The second-order valence-corrected chi connectivity index (χ2v) is 11.9. The Balaban J connectivity index is 1.43. The summed E-state index contributed by atoms with van der Waals surface area (Å²) in [5.74, 6) is 0. The summed E-state index contributed by atoms with van der Waals surface area (Å²) in [5.41, 5.74) is 14.4. The molecule has 0 spiro atoms. The number of aromatic nitrogens is 3. The van der Waals surface area contributed by atoms with Crippen LogP contribution in [0.1, 0.15) is 12.6 Å². The molecule has 3 aromatic heterocycles. The van der Waals surface area contributed by atoms with Gasteiger partial charge >= 0.3 is 0 Å². The fourth-order valence-electron chi connectivity index (χ4n) is 5.91. The average molecular weight is 630 g/mol. The highest BCUT2D eigenvalue weighted by atomic mass is 14.7. The molecule has 49 heavy (non-hydrogen) atoms. The summed E-state index contributed by atoms with van der Waals surface area (Å²) in [4.78, 5) is 14.8. The third kappa shape index (κ3) is 7.27. The minimum Gasteiger partial charge on any atom is -0.256 e. The van der Waals surface area contributed by atoms with Crippen LogP contribution in [-0.4, -0.2) is 15.0 Å². The van der Waals surface area contributed by atoms with Crippen molar-refractivity contribution in [2.45, 2.75) is 6.92 Å². The topological polar surface area (TPSA) is 38.7 Å². The van der Waals surface area contributed by atoms with Gasteiger partial charge in [0.2, 0.25) is 0 Å². The van der Waals surface area contributed by atoms with Gasteiger partial charge in [0.25, 0.3) is 0 Å². The summed E-state index contributed by atoms with van der Waals surface area (Å²) in [5, 5.41) is 0. The van der Waals surface area contributed by atoms with Gasteiger partial charge in [0.1, 0.15) is 0 Å². The van der Waals surface area contributed by atoms with Crippen molar-refractivity contribution in [3.63, 3.8) is 0 Å². The summed E-state index contributed by atoms with van der Waals surface area (Å²) in [6.45, 7) is 5.90. The lowest BCUT2D eigenvalue weighted by atomic mass is 9.93. The van der Waals surface area contributed by atoms with Crippen LogP contribution in [0.25, 0.3) is 72.7 Å². The molecule has 0 atom stereocenters. The van der Waals surface area contributed by atoms with Crippen molar-refractivity contribution in [1.29, 1.82) is 0 Å². The number of allylic oxidation sites excluding steroid dienone is 5. The molecule has 0 radical (unpaired) electrons. The molecule has 0 bridgehead atoms. The third-order valence-corrected chi connectivity index (χ3v) is 8.48. The predicted octanol–water partition coefficient (Wildman–Crippen LogP) is 12.0. The first-order valence-electron chi connectivity index (χ1n) is 16.4. The molecule has 0 N–H and O–H groups in total. The fourth-order valence-corrected chi connectivity index (χ4v) is 5.91. The predicted molar refractivity (Wildman–Crippen MR) is 205 cm³/mol. The highest BCUT2D eigenvalue weighted by Gasteiger charge is 2.14. The fraction of sp³-hybridized carbons (Fsp3) is 0.0217. The van der Waals surface area contributed by atoms with Crippen LogP contribution in [0.2, 0.25) is 0 Å². The van der Waals surface area contributed by atoms with Crippen molar-refractivity contribution in [3.05, 3.63) is 195 Å². The minimum atomic E-state index is 0.895. The Morgan fingerprint density at radius 1 is 0.449 bits per heavy atom. The number of pyridine rings is 3. The van der Waals surface area contributed by atoms with Crippen LogP contribution in [0.5, 0.6) is 0 Å². The lowest BCUT2D eigenvalue weighted by molar-refractivity contribution is 1.27. The van der Waals surface area contributed by atoms with Gasteiger partial charge in [-0.2, -0.15) is 0 Å². The molecular formula is C46H35N3. The summed E-state index contributed by atoms with van der Waals surface area (Å²) < 4.78 is 0. The van der Waals surface area contributed by atoms with Crippen molar-refractivity contribution in [3.8, 4) is 67.2 Å². The first kappa shape index (κ1) is 31.2. The Bertz CT molecular complexity index is 2180. The molecule has 0 unspecified atom stereocenters. The van der Waals surface area contributed by atoms with E-state index in [9.17, 15) is 0 Å². The first-order chi connectivity index (χ1) is 24.1. The van der Waals surface area contributed by atoms with E-state index in [4.69, 9.17) is 15.0 Å². The summed E-state index contributed by atoms with van der Waals surface area (Å²) in [6, 6.07) is 50.6. The van der Waals surface area contributed by atoms with E-state index >= 15 is 0 Å². The monoisotopic (exact) mass is 629 g/mol. The molecule has 0 amide bonds. The SMILES string of the molecule is C=C/C=C\C=C(/C)c1cc(-c2cc(-c3cc(-c4ccccc4)ccn3)cc(-c3cc(-c4ccccc4)ccn3)c2)cc(-c2ccccc2)n1. The first-order valence-corrected chi connectivity index (χ1v) is 16.4. The van der Waals surface area contributed by atoms with Crippen LogP contribution in [0.4, 0.5) is 0 Å². The average Bonchev–Trinajstić information content (AvgIpc) is 3.18. The van der Waals surface area contributed by atoms with Gasteiger partial charge in [-0.05, 0) is 100 Å². The highest BCUT2D eigenvalue weighted by Crippen LogP contribution is 2.36. The van der Waals surface area contributed by atoms with E-state index in [1.54, 1.807) is 6.08 Å². The maximum atomic E-state index is 5.11. The third-order valence-electron chi connectivity index (χ3n) is 8.48.